The molecule has 24 heavy (non-hydrogen) atoms. The zero-order valence-electron chi connectivity index (χ0n) is 14.4. The van der Waals surface area contributed by atoms with E-state index >= 15 is 0 Å². The molecule has 0 amide bonds. The van der Waals surface area contributed by atoms with E-state index < -0.39 is 0 Å². The van der Waals surface area contributed by atoms with E-state index in [0.29, 0.717) is 5.92 Å². The molecule has 1 unspecified atom stereocenters. The molecule has 0 radical (unpaired) electrons. The molecule has 1 aliphatic carbocycles. The first kappa shape index (κ1) is 15.8. The van der Waals surface area contributed by atoms with Crippen molar-refractivity contribution in [3.8, 4) is 0 Å². The first-order chi connectivity index (χ1) is 11.7. The van der Waals surface area contributed by atoms with Crippen LogP contribution in [0.15, 0.2) is 10.6 Å². The number of rotatable bonds is 7. The van der Waals surface area contributed by atoms with Crippen LogP contribution in [0.2, 0.25) is 0 Å². The van der Waals surface area contributed by atoms with Gasteiger partial charge in [0.05, 0.1) is 18.0 Å². The number of nitrogens with zero attached hydrogens (tertiary/aromatic N) is 5. The summed E-state index contributed by atoms with van der Waals surface area (Å²) >= 11 is 0. The molecule has 2 aromatic heterocycles. The van der Waals surface area contributed by atoms with Gasteiger partial charge in [-0.05, 0) is 32.6 Å². The normalized spacial score (nSPS) is 21.2. The molecule has 0 bridgehead atoms. The van der Waals surface area contributed by atoms with Crippen LogP contribution in [0, 0.1) is 12.8 Å². The first-order valence-electron chi connectivity index (χ1n) is 8.87. The highest BCUT2D eigenvalue weighted by Crippen LogP contribution is 2.34. The van der Waals surface area contributed by atoms with Crippen LogP contribution in [0.5, 0.6) is 0 Å². The Labute approximate surface area is 141 Å². The molecule has 0 aromatic carbocycles. The van der Waals surface area contributed by atoms with E-state index in [2.05, 4.69) is 25.1 Å². The fourth-order valence-electron chi connectivity index (χ4n) is 3.50. The SMILES string of the molecule is CCOCC1CN(Cc2cc(C)on2)Cc2nnn(CC3CC3)c21. The summed E-state index contributed by atoms with van der Waals surface area (Å²) < 4.78 is 13.1. The lowest BCUT2D eigenvalue weighted by Crippen LogP contribution is -2.36. The quantitative estimate of drug-likeness (QED) is 0.774. The van der Waals surface area contributed by atoms with Gasteiger partial charge in [-0.15, -0.1) is 5.10 Å². The molecule has 2 aliphatic rings. The number of aryl methyl sites for hydroxylation is 1. The Morgan fingerprint density at radius 2 is 2.25 bits per heavy atom. The number of fused-ring (bicyclic) bond motifs is 1. The summed E-state index contributed by atoms with van der Waals surface area (Å²) in [5, 5.41) is 13.0. The van der Waals surface area contributed by atoms with Crippen LogP contribution in [-0.2, 0) is 24.4 Å². The summed E-state index contributed by atoms with van der Waals surface area (Å²) in [6.07, 6.45) is 2.64. The van der Waals surface area contributed by atoms with Gasteiger partial charge in [0.15, 0.2) is 0 Å². The van der Waals surface area contributed by atoms with Crippen LogP contribution in [0.1, 0.15) is 48.5 Å². The van der Waals surface area contributed by atoms with Crippen LogP contribution >= 0.6 is 0 Å². The summed E-state index contributed by atoms with van der Waals surface area (Å²) in [5.41, 5.74) is 3.34. The largest absolute Gasteiger partial charge is 0.381 e. The third kappa shape index (κ3) is 3.37. The molecule has 1 atom stereocenters. The van der Waals surface area contributed by atoms with E-state index in [1.807, 2.05) is 19.9 Å². The van der Waals surface area contributed by atoms with Gasteiger partial charge in [0, 0.05) is 44.8 Å². The van der Waals surface area contributed by atoms with Gasteiger partial charge in [-0.2, -0.15) is 0 Å². The van der Waals surface area contributed by atoms with E-state index in [4.69, 9.17) is 9.26 Å². The lowest BCUT2D eigenvalue weighted by molar-refractivity contribution is 0.101. The van der Waals surface area contributed by atoms with Gasteiger partial charge in [0.25, 0.3) is 0 Å². The van der Waals surface area contributed by atoms with E-state index in [-0.39, 0.29) is 0 Å². The van der Waals surface area contributed by atoms with Gasteiger partial charge in [-0.1, -0.05) is 10.4 Å². The van der Waals surface area contributed by atoms with Gasteiger partial charge in [0.1, 0.15) is 11.5 Å². The number of ether oxygens (including phenoxy) is 1. The average Bonchev–Trinajstić information content (AvgIpc) is 3.16. The number of hydrogen-bond acceptors (Lipinski definition) is 6. The second kappa shape index (κ2) is 6.64. The third-order valence-corrected chi connectivity index (χ3v) is 4.80. The van der Waals surface area contributed by atoms with Crippen molar-refractivity contribution < 1.29 is 9.26 Å². The van der Waals surface area contributed by atoms with Crippen molar-refractivity contribution >= 4 is 0 Å². The molecule has 1 aliphatic heterocycles. The van der Waals surface area contributed by atoms with Crippen LogP contribution in [0.25, 0.3) is 0 Å². The van der Waals surface area contributed by atoms with E-state index in [1.54, 1.807) is 0 Å². The molecule has 0 spiro atoms. The molecule has 0 saturated heterocycles. The number of hydrogen-bond donors (Lipinski definition) is 0. The maximum Gasteiger partial charge on any atom is 0.133 e. The smallest absolute Gasteiger partial charge is 0.133 e. The first-order valence-corrected chi connectivity index (χ1v) is 8.87. The molecular weight excluding hydrogens is 306 g/mol. The molecule has 130 valence electrons. The Kier molecular flexibility index (Phi) is 4.37. The summed E-state index contributed by atoms with van der Waals surface area (Å²) in [4.78, 5) is 2.36. The van der Waals surface area contributed by atoms with Crippen LogP contribution in [0.4, 0.5) is 0 Å². The predicted molar refractivity (Wildman–Crippen MR) is 87.3 cm³/mol. The molecule has 3 heterocycles. The Bertz CT molecular complexity index is 691. The fraction of sp³-hybridized carbons (Fsp3) is 0.706. The van der Waals surface area contributed by atoms with E-state index in [1.165, 1.54) is 18.5 Å². The van der Waals surface area contributed by atoms with E-state index in [9.17, 15) is 0 Å². The van der Waals surface area contributed by atoms with Crippen molar-refractivity contribution in [2.45, 2.75) is 52.2 Å². The Morgan fingerprint density at radius 1 is 1.38 bits per heavy atom. The van der Waals surface area contributed by atoms with Gasteiger partial charge < -0.3 is 9.26 Å². The Balaban J connectivity index is 1.53. The molecule has 1 fully saturated rings. The predicted octanol–water partition coefficient (Wildman–Crippen LogP) is 2.12. The Hall–Kier alpha value is -1.73. The summed E-state index contributed by atoms with van der Waals surface area (Å²) in [5.74, 6) is 1.96. The minimum absolute atomic E-state index is 0.315. The lowest BCUT2D eigenvalue weighted by atomic mass is 9.98. The molecule has 1 saturated carbocycles. The number of aromatic nitrogens is 4. The summed E-state index contributed by atoms with van der Waals surface area (Å²) in [7, 11) is 0. The van der Waals surface area contributed by atoms with Crippen molar-refractivity contribution in [3.05, 3.63) is 28.9 Å². The standard InChI is InChI=1S/C17H25N5O2/c1-3-23-11-14-8-21(9-15-6-12(2)24-19-15)10-16-17(14)22(20-18-16)7-13-4-5-13/h6,13-14H,3-5,7-11H2,1-2H3. The highest BCUT2D eigenvalue weighted by molar-refractivity contribution is 5.20. The summed E-state index contributed by atoms with van der Waals surface area (Å²) in [6, 6.07) is 2.00. The molecule has 7 heteroatoms. The minimum Gasteiger partial charge on any atom is -0.381 e. The molecule has 7 nitrogen and oxygen atoms in total. The van der Waals surface area contributed by atoms with Gasteiger partial charge in [-0.25, -0.2) is 4.68 Å². The van der Waals surface area contributed by atoms with Gasteiger partial charge in [0.2, 0.25) is 0 Å². The molecular formula is C17H25N5O2. The van der Waals surface area contributed by atoms with Crippen molar-refractivity contribution in [1.29, 1.82) is 0 Å². The average molecular weight is 331 g/mol. The lowest BCUT2D eigenvalue weighted by Gasteiger charge is -2.31. The van der Waals surface area contributed by atoms with Crippen molar-refractivity contribution in [1.82, 2.24) is 25.1 Å². The van der Waals surface area contributed by atoms with Crippen molar-refractivity contribution in [2.75, 3.05) is 19.8 Å². The minimum atomic E-state index is 0.315. The maximum atomic E-state index is 5.75. The maximum absolute atomic E-state index is 5.75. The second-order valence-corrected chi connectivity index (χ2v) is 7.00. The van der Waals surface area contributed by atoms with Crippen molar-refractivity contribution in [3.63, 3.8) is 0 Å². The molecule has 0 N–H and O–H groups in total. The van der Waals surface area contributed by atoms with Crippen LogP contribution < -0.4 is 0 Å². The zero-order valence-corrected chi connectivity index (χ0v) is 14.4. The van der Waals surface area contributed by atoms with Crippen molar-refractivity contribution in [2.24, 2.45) is 5.92 Å². The van der Waals surface area contributed by atoms with Gasteiger partial charge >= 0.3 is 0 Å². The van der Waals surface area contributed by atoms with Crippen LogP contribution in [0.3, 0.4) is 0 Å². The topological polar surface area (TPSA) is 69.2 Å². The third-order valence-electron chi connectivity index (χ3n) is 4.80. The Morgan fingerprint density at radius 3 is 2.96 bits per heavy atom. The zero-order chi connectivity index (χ0) is 16.5. The highest BCUT2D eigenvalue weighted by atomic mass is 16.5. The van der Waals surface area contributed by atoms with Crippen LogP contribution in [-0.4, -0.2) is 44.8 Å². The monoisotopic (exact) mass is 331 g/mol. The van der Waals surface area contributed by atoms with Gasteiger partial charge in [-0.3, -0.25) is 4.90 Å². The fourth-order valence-corrected chi connectivity index (χ4v) is 3.50. The highest BCUT2D eigenvalue weighted by Gasteiger charge is 2.33. The summed E-state index contributed by atoms with van der Waals surface area (Å²) in [6.45, 7) is 8.95. The second-order valence-electron chi connectivity index (χ2n) is 7.00. The molecule has 4 rings (SSSR count). The van der Waals surface area contributed by atoms with E-state index in [0.717, 1.165) is 62.5 Å². The molecule has 2 aromatic rings.